The van der Waals surface area contributed by atoms with Crippen molar-refractivity contribution < 1.29 is 9.47 Å². The van der Waals surface area contributed by atoms with Crippen LogP contribution >= 0.6 is 0 Å². The molecule has 0 amide bonds. The summed E-state index contributed by atoms with van der Waals surface area (Å²) in [6, 6.07) is 8.61. The third-order valence-electron chi connectivity index (χ3n) is 3.65. The number of nitrogens with one attached hydrogen (secondary N) is 1. The number of hydrogen-bond acceptors (Lipinski definition) is 4. The van der Waals surface area contributed by atoms with E-state index >= 15 is 0 Å². The van der Waals surface area contributed by atoms with E-state index in [1.165, 1.54) is 12.8 Å². The van der Waals surface area contributed by atoms with Gasteiger partial charge in [-0.2, -0.15) is 0 Å². The largest absolute Gasteiger partial charge is 0.493 e. The standard InChI is InChI=1S/C16H26N2O2/c1-3-18(14-8-9-14)12-10-17-11-13-20-16-7-5-4-6-15(16)19-2/h4-7,14,17H,3,8-13H2,1-2H3. The second-order valence-electron chi connectivity index (χ2n) is 5.11. The molecule has 0 spiro atoms. The van der Waals surface area contributed by atoms with Gasteiger partial charge < -0.3 is 14.8 Å². The van der Waals surface area contributed by atoms with Gasteiger partial charge in [-0.3, -0.25) is 4.90 Å². The molecular formula is C16H26N2O2. The Morgan fingerprint density at radius 1 is 1.20 bits per heavy atom. The Morgan fingerprint density at radius 2 is 1.95 bits per heavy atom. The summed E-state index contributed by atoms with van der Waals surface area (Å²) in [6.45, 7) is 7.08. The van der Waals surface area contributed by atoms with Gasteiger partial charge in [0, 0.05) is 25.7 Å². The number of rotatable bonds is 10. The molecule has 1 N–H and O–H groups in total. The second kappa shape index (κ2) is 8.12. The van der Waals surface area contributed by atoms with E-state index in [1.807, 2.05) is 24.3 Å². The van der Waals surface area contributed by atoms with Crippen LogP contribution in [0.15, 0.2) is 24.3 Å². The van der Waals surface area contributed by atoms with Crippen LogP contribution in [0.5, 0.6) is 11.5 Å². The Bertz CT molecular complexity index is 394. The quantitative estimate of drug-likeness (QED) is 0.665. The minimum absolute atomic E-state index is 0.663. The van der Waals surface area contributed by atoms with Crippen molar-refractivity contribution in [3.05, 3.63) is 24.3 Å². The van der Waals surface area contributed by atoms with E-state index in [0.29, 0.717) is 6.61 Å². The van der Waals surface area contributed by atoms with Crippen molar-refractivity contribution >= 4 is 0 Å². The molecule has 0 aromatic heterocycles. The van der Waals surface area contributed by atoms with Crippen molar-refractivity contribution in [3.63, 3.8) is 0 Å². The smallest absolute Gasteiger partial charge is 0.161 e. The molecule has 1 aliphatic carbocycles. The van der Waals surface area contributed by atoms with Crippen molar-refractivity contribution in [3.8, 4) is 11.5 Å². The lowest BCUT2D eigenvalue weighted by Gasteiger charge is -2.19. The van der Waals surface area contributed by atoms with Crippen LogP contribution in [0.25, 0.3) is 0 Å². The molecule has 20 heavy (non-hydrogen) atoms. The summed E-state index contributed by atoms with van der Waals surface area (Å²) in [4.78, 5) is 2.55. The highest BCUT2D eigenvalue weighted by Crippen LogP contribution is 2.26. The van der Waals surface area contributed by atoms with Crippen LogP contribution in [0.2, 0.25) is 0 Å². The summed E-state index contributed by atoms with van der Waals surface area (Å²) < 4.78 is 11.0. The number of para-hydroxylation sites is 2. The number of likely N-dealkylation sites (N-methyl/N-ethyl adjacent to an activating group) is 1. The summed E-state index contributed by atoms with van der Waals surface area (Å²) in [7, 11) is 1.66. The predicted molar refractivity (Wildman–Crippen MR) is 81.6 cm³/mol. The van der Waals surface area contributed by atoms with Gasteiger partial charge in [0.05, 0.1) is 7.11 Å². The maximum atomic E-state index is 5.72. The van der Waals surface area contributed by atoms with E-state index in [-0.39, 0.29) is 0 Å². The lowest BCUT2D eigenvalue weighted by molar-refractivity contribution is 0.264. The van der Waals surface area contributed by atoms with Gasteiger partial charge in [-0.15, -0.1) is 0 Å². The third-order valence-corrected chi connectivity index (χ3v) is 3.65. The molecule has 4 nitrogen and oxygen atoms in total. The van der Waals surface area contributed by atoms with E-state index in [2.05, 4.69) is 17.1 Å². The van der Waals surface area contributed by atoms with Crippen LogP contribution in [-0.2, 0) is 0 Å². The highest BCUT2D eigenvalue weighted by molar-refractivity contribution is 5.39. The van der Waals surface area contributed by atoms with E-state index in [0.717, 1.165) is 43.7 Å². The van der Waals surface area contributed by atoms with Crippen molar-refractivity contribution in [1.29, 1.82) is 0 Å². The SMILES string of the molecule is CCN(CCNCCOc1ccccc1OC)C1CC1. The highest BCUT2D eigenvalue weighted by Gasteiger charge is 2.26. The van der Waals surface area contributed by atoms with Gasteiger partial charge in [-0.05, 0) is 31.5 Å². The van der Waals surface area contributed by atoms with Crippen molar-refractivity contribution in [2.45, 2.75) is 25.8 Å². The maximum absolute atomic E-state index is 5.72. The molecule has 0 heterocycles. The number of nitrogens with zero attached hydrogens (tertiary/aromatic N) is 1. The highest BCUT2D eigenvalue weighted by atomic mass is 16.5. The molecule has 4 heteroatoms. The number of methoxy groups -OCH3 is 1. The fourth-order valence-electron chi connectivity index (χ4n) is 2.36. The molecule has 1 saturated carbocycles. The van der Waals surface area contributed by atoms with Crippen LogP contribution in [-0.4, -0.2) is 50.8 Å². The average molecular weight is 278 g/mol. The molecule has 0 bridgehead atoms. The average Bonchev–Trinajstić information content (AvgIpc) is 3.31. The molecule has 0 aliphatic heterocycles. The van der Waals surface area contributed by atoms with Crippen molar-refractivity contribution in [2.75, 3.05) is 39.9 Å². The Labute approximate surface area is 122 Å². The van der Waals surface area contributed by atoms with Crippen LogP contribution in [0, 0.1) is 0 Å². The number of ether oxygens (including phenoxy) is 2. The molecule has 112 valence electrons. The van der Waals surface area contributed by atoms with E-state index < -0.39 is 0 Å². The first-order valence-electron chi connectivity index (χ1n) is 7.55. The topological polar surface area (TPSA) is 33.7 Å². The minimum atomic E-state index is 0.663. The first-order valence-corrected chi connectivity index (χ1v) is 7.55. The second-order valence-corrected chi connectivity index (χ2v) is 5.11. The van der Waals surface area contributed by atoms with E-state index in [9.17, 15) is 0 Å². The number of benzene rings is 1. The predicted octanol–water partition coefficient (Wildman–Crippen LogP) is 2.15. The number of hydrogen-bond donors (Lipinski definition) is 1. The van der Waals surface area contributed by atoms with Crippen molar-refractivity contribution in [1.82, 2.24) is 10.2 Å². The van der Waals surface area contributed by atoms with Gasteiger partial charge >= 0.3 is 0 Å². The fourth-order valence-corrected chi connectivity index (χ4v) is 2.36. The van der Waals surface area contributed by atoms with Crippen LogP contribution in [0.4, 0.5) is 0 Å². The molecule has 1 aromatic rings. The molecule has 0 atom stereocenters. The molecule has 0 radical (unpaired) electrons. The molecule has 0 saturated heterocycles. The Morgan fingerprint density at radius 3 is 2.60 bits per heavy atom. The molecule has 0 unspecified atom stereocenters. The van der Waals surface area contributed by atoms with E-state index in [4.69, 9.17) is 9.47 Å². The van der Waals surface area contributed by atoms with Crippen LogP contribution in [0.3, 0.4) is 0 Å². The van der Waals surface area contributed by atoms with Gasteiger partial charge in [-0.1, -0.05) is 19.1 Å². The van der Waals surface area contributed by atoms with Crippen LogP contribution in [0.1, 0.15) is 19.8 Å². The monoisotopic (exact) mass is 278 g/mol. The van der Waals surface area contributed by atoms with E-state index in [1.54, 1.807) is 7.11 Å². The lowest BCUT2D eigenvalue weighted by atomic mass is 10.3. The van der Waals surface area contributed by atoms with Gasteiger partial charge in [0.1, 0.15) is 6.61 Å². The summed E-state index contributed by atoms with van der Waals surface area (Å²) in [5.41, 5.74) is 0. The minimum Gasteiger partial charge on any atom is -0.493 e. The summed E-state index contributed by atoms with van der Waals surface area (Å²) in [5, 5.41) is 3.43. The normalized spacial score (nSPS) is 14.6. The first-order chi connectivity index (χ1) is 9.85. The Hall–Kier alpha value is -1.26. The molecule has 1 aromatic carbocycles. The summed E-state index contributed by atoms with van der Waals surface area (Å²) >= 11 is 0. The lowest BCUT2D eigenvalue weighted by Crippen LogP contribution is -2.35. The zero-order valence-corrected chi connectivity index (χ0v) is 12.6. The molecule has 2 rings (SSSR count). The zero-order chi connectivity index (χ0) is 14.2. The third kappa shape index (κ3) is 4.69. The summed E-state index contributed by atoms with van der Waals surface area (Å²) in [5.74, 6) is 1.60. The fraction of sp³-hybridized carbons (Fsp3) is 0.625. The molecule has 1 fully saturated rings. The first kappa shape index (κ1) is 15.1. The molecule has 1 aliphatic rings. The van der Waals surface area contributed by atoms with Gasteiger partial charge in [-0.25, -0.2) is 0 Å². The maximum Gasteiger partial charge on any atom is 0.161 e. The van der Waals surface area contributed by atoms with Crippen LogP contribution < -0.4 is 14.8 Å². The summed E-state index contributed by atoms with van der Waals surface area (Å²) in [6.07, 6.45) is 2.76. The van der Waals surface area contributed by atoms with Gasteiger partial charge in [0.25, 0.3) is 0 Å². The molecular weight excluding hydrogens is 252 g/mol. The zero-order valence-electron chi connectivity index (χ0n) is 12.6. The van der Waals surface area contributed by atoms with Gasteiger partial charge in [0.15, 0.2) is 11.5 Å². The Kier molecular flexibility index (Phi) is 6.15. The Balaban J connectivity index is 1.57. The van der Waals surface area contributed by atoms with Gasteiger partial charge in [0.2, 0.25) is 0 Å². The van der Waals surface area contributed by atoms with Crippen molar-refractivity contribution in [2.24, 2.45) is 0 Å².